The Labute approximate surface area is 152 Å². The van der Waals surface area contributed by atoms with E-state index in [0.717, 1.165) is 32.5 Å². The summed E-state index contributed by atoms with van der Waals surface area (Å²) in [6, 6.07) is 11.2. The van der Waals surface area contributed by atoms with Crippen LogP contribution >= 0.6 is 0 Å². The molecule has 0 N–H and O–H groups in total. The van der Waals surface area contributed by atoms with Crippen molar-refractivity contribution in [2.45, 2.75) is 58.7 Å². The number of carbonyl (C=O) groups is 1. The topological polar surface area (TPSA) is 32.8 Å². The van der Waals surface area contributed by atoms with Crippen molar-refractivity contribution in [3.8, 4) is 0 Å². The van der Waals surface area contributed by atoms with Gasteiger partial charge in [0.25, 0.3) is 0 Å². The molecule has 138 valence electrons. The first-order valence-corrected chi connectivity index (χ1v) is 9.38. The molecule has 4 nitrogen and oxygen atoms in total. The average molecular weight is 344 g/mol. The molecule has 1 amide bonds. The number of hydrogen-bond acceptors (Lipinski definition) is 3. The van der Waals surface area contributed by atoms with Crippen LogP contribution < -0.4 is 0 Å². The molecule has 0 aromatic heterocycles. The number of rotatable bonds is 7. The van der Waals surface area contributed by atoms with E-state index in [2.05, 4.69) is 49.1 Å². The smallest absolute Gasteiger partial charge is 0.249 e. The van der Waals surface area contributed by atoms with Gasteiger partial charge in [0, 0.05) is 31.2 Å². The van der Waals surface area contributed by atoms with Gasteiger partial charge in [0.15, 0.2) is 0 Å². The first kappa shape index (κ1) is 19.5. The SMILES string of the molecule is CC(C)O/C=C/C(=O)N1C[C@H](C)N(CCCc2ccccc2)C[C@H]1C. The molecule has 0 radical (unpaired) electrons. The summed E-state index contributed by atoms with van der Waals surface area (Å²) < 4.78 is 5.34. The lowest BCUT2D eigenvalue weighted by Crippen LogP contribution is -2.57. The van der Waals surface area contributed by atoms with Crippen LogP contribution in [-0.4, -0.2) is 53.5 Å². The molecule has 1 aromatic rings. The number of carbonyl (C=O) groups excluding carboxylic acids is 1. The number of aryl methyl sites for hydroxylation is 1. The minimum atomic E-state index is 0.0453. The molecule has 2 atom stereocenters. The van der Waals surface area contributed by atoms with Crippen LogP contribution in [0.25, 0.3) is 0 Å². The Morgan fingerprint density at radius 2 is 1.92 bits per heavy atom. The van der Waals surface area contributed by atoms with Crippen LogP contribution in [0.3, 0.4) is 0 Å². The lowest BCUT2D eigenvalue weighted by Gasteiger charge is -2.43. The number of hydrogen-bond donors (Lipinski definition) is 0. The van der Waals surface area contributed by atoms with E-state index in [9.17, 15) is 4.79 Å². The summed E-state index contributed by atoms with van der Waals surface area (Å²) in [4.78, 5) is 16.8. The zero-order valence-electron chi connectivity index (χ0n) is 16.0. The predicted octanol–water partition coefficient (Wildman–Crippen LogP) is 3.48. The highest BCUT2D eigenvalue weighted by Crippen LogP contribution is 2.17. The van der Waals surface area contributed by atoms with E-state index in [1.165, 1.54) is 11.8 Å². The second-order valence-electron chi connectivity index (χ2n) is 7.26. The molecule has 1 aliphatic heterocycles. The van der Waals surface area contributed by atoms with Crippen molar-refractivity contribution in [3.05, 3.63) is 48.2 Å². The maximum absolute atomic E-state index is 12.4. The van der Waals surface area contributed by atoms with Crippen LogP contribution in [0.2, 0.25) is 0 Å². The van der Waals surface area contributed by atoms with Crippen molar-refractivity contribution in [2.24, 2.45) is 0 Å². The minimum Gasteiger partial charge on any atom is -0.498 e. The van der Waals surface area contributed by atoms with Crippen molar-refractivity contribution >= 4 is 5.91 Å². The Morgan fingerprint density at radius 3 is 2.60 bits per heavy atom. The van der Waals surface area contributed by atoms with Gasteiger partial charge in [-0.05, 0) is 52.6 Å². The highest BCUT2D eigenvalue weighted by atomic mass is 16.5. The van der Waals surface area contributed by atoms with Crippen molar-refractivity contribution in [1.82, 2.24) is 9.80 Å². The van der Waals surface area contributed by atoms with E-state index in [0.29, 0.717) is 6.04 Å². The van der Waals surface area contributed by atoms with E-state index in [4.69, 9.17) is 4.74 Å². The van der Waals surface area contributed by atoms with Crippen LogP contribution in [0, 0.1) is 0 Å². The van der Waals surface area contributed by atoms with Gasteiger partial charge in [0.2, 0.25) is 5.91 Å². The molecule has 0 unspecified atom stereocenters. The fourth-order valence-corrected chi connectivity index (χ4v) is 3.30. The van der Waals surface area contributed by atoms with Crippen LogP contribution in [0.5, 0.6) is 0 Å². The Morgan fingerprint density at radius 1 is 1.20 bits per heavy atom. The monoisotopic (exact) mass is 344 g/mol. The lowest BCUT2D eigenvalue weighted by molar-refractivity contribution is -0.132. The van der Waals surface area contributed by atoms with Gasteiger partial charge >= 0.3 is 0 Å². The van der Waals surface area contributed by atoms with Gasteiger partial charge in [0.1, 0.15) is 0 Å². The maximum atomic E-state index is 12.4. The molecule has 0 spiro atoms. The molecule has 1 aromatic carbocycles. The molecule has 4 heteroatoms. The Kier molecular flexibility index (Phi) is 7.51. The van der Waals surface area contributed by atoms with E-state index >= 15 is 0 Å². The first-order chi connectivity index (χ1) is 12.0. The van der Waals surface area contributed by atoms with Gasteiger partial charge in [-0.1, -0.05) is 30.3 Å². The quantitative estimate of drug-likeness (QED) is 0.561. The highest BCUT2D eigenvalue weighted by Gasteiger charge is 2.30. The Hall–Kier alpha value is -1.81. The van der Waals surface area contributed by atoms with Crippen molar-refractivity contribution < 1.29 is 9.53 Å². The van der Waals surface area contributed by atoms with E-state index in [1.54, 1.807) is 6.08 Å². The number of ether oxygens (including phenoxy) is 1. The fourth-order valence-electron chi connectivity index (χ4n) is 3.30. The highest BCUT2D eigenvalue weighted by molar-refractivity contribution is 5.87. The number of piperazine rings is 1. The molecular weight excluding hydrogens is 312 g/mol. The van der Waals surface area contributed by atoms with Gasteiger partial charge in [-0.15, -0.1) is 0 Å². The summed E-state index contributed by atoms with van der Waals surface area (Å²) >= 11 is 0. The molecule has 1 saturated heterocycles. The minimum absolute atomic E-state index is 0.0453. The second kappa shape index (κ2) is 9.62. The largest absolute Gasteiger partial charge is 0.498 e. The van der Waals surface area contributed by atoms with Crippen molar-refractivity contribution in [1.29, 1.82) is 0 Å². The zero-order valence-corrected chi connectivity index (χ0v) is 16.0. The molecular formula is C21H32N2O2. The van der Waals surface area contributed by atoms with Crippen LogP contribution in [0.1, 0.15) is 39.7 Å². The van der Waals surface area contributed by atoms with E-state index in [1.807, 2.05) is 18.7 Å². The van der Waals surface area contributed by atoms with Crippen LogP contribution in [-0.2, 0) is 16.0 Å². The van der Waals surface area contributed by atoms with Crippen LogP contribution in [0.15, 0.2) is 42.7 Å². The summed E-state index contributed by atoms with van der Waals surface area (Å²) in [5, 5.41) is 0. The molecule has 1 fully saturated rings. The molecule has 0 bridgehead atoms. The third-order valence-electron chi connectivity index (χ3n) is 4.71. The van der Waals surface area contributed by atoms with Gasteiger partial charge in [-0.3, -0.25) is 9.69 Å². The van der Waals surface area contributed by atoms with Crippen LogP contribution in [0.4, 0.5) is 0 Å². The summed E-state index contributed by atoms with van der Waals surface area (Å²) in [5.74, 6) is 0.0453. The van der Waals surface area contributed by atoms with Crippen molar-refractivity contribution in [3.63, 3.8) is 0 Å². The predicted molar refractivity (Wildman–Crippen MR) is 102 cm³/mol. The third kappa shape index (κ3) is 6.20. The van der Waals surface area contributed by atoms with Gasteiger partial charge in [0.05, 0.1) is 12.4 Å². The van der Waals surface area contributed by atoms with E-state index in [-0.39, 0.29) is 18.1 Å². The molecule has 1 aliphatic rings. The molecule has 25 heavy (non-hydrogen) atoms. The summed E-state index contributed by atoms with van der Waals surface area (Å²) in [5.41, 5.74) is 1.40. The Bertz CT molecular complexity index is 556. The van der Waals surface area contributed by atoms with Gasteiger partial charge in [-0.2, -0.15) is 0 Å². The molecule has 0 saturated carbocycles. The third-order valence-corrected chi connectivity index (χ3v) is 4.71. The standard InChI is InChI=1S/C21H32N2O2/c1-17(2)25-14-12-21(24)23-16-18(3)22(15-19(23)4)13-8-11-20-9-6-5-7-10-20/h5-7,9-10,12,14,17-19H,8,11,13,15-16H2,1-4H3/b14-12+/t18-,19+/m0/s1. The number of nitrogens with zero attached hydrogens (tertiary/aromatic N) is 2. The summed E-state index contributed by atoms with van der Waals surface area (Å²) in [6.45, 7) is 11.0. The van der Waals surface area contributed by atoms with E-state index < -0.39 is 0 Å². The molecule has 0 aliphatic carbocycles. The zero-order chi connectivity index (χ0) is 18.2. The number of benzene rings is 1. The summed E-state index contributed by atoms with van der Waals surface area (Å²) in [6.07, 6.45) is 5.43. The van der Waals surface area contributed by atoms with Gasteiger partial charge < -0.3 is 9.64 Å². The second-order valence-corrected chi connectivity index (χ2v) is 7.26. The number of amides is 1. The molecule has 2 rings (SSSR count). The maximum Gasteiger partial charge on any atom is 0.249 e. The normalized spacial score (nSPS) is 21.9. The molecule has 1 heterocycles. The fraction of sp³-hybridized carbons (Fsp3) is 0.571. The van der Waals surface area contributed by atoms with Gasteiger partial charge in [-0.25, -0.2) is 0 Å². The summed E-state index contributed by atoms with van der Waals surface area (Å²) in [7, 11) is 0. The first-order valence-electron chi connectivity index (χ1n) is 9.38. The average Bonchev–Trinajstić information content (AvgIpc) is 2.58. The van der Waals surface area contributed by atoms with Crippen molar-refractivity contribution in [2.75, 3.05) is 19.6 Å². The lowest BCUT2D eigenvalue weighted by atomic mass is 10.1. The Balaban J connectivity index is 1.80.